The number of likely N-dealkylation sites (tertiary alicyclic amines) is 1. The number of imidazole rings is 1. The van der Waals surface area contributed by atoms with Crippen LogP contribution in [0, 0.1) is 0 Å². The number of hydrogen-bond donors (Lipinski definition) is 2. The van der Waals surface area contributed by atoms with Gasteiger partial charge in [0.2, 0.25) is 0 Å². The zero-order valence-corrected chi connectivity index (χ0v) is 14.7. The molecule has 0 saturated carbocycles. The number of H-pyrrole nitrogens is 1. The summed E-state index contributed by atoms with van der Waals surface area (Å²) in [6, 6.07) is 12.4. The van der Waals surface area contributed by atoms with Crippen molar-refractivity contribution in [3.05, 3.63) is 65.5 Å². The summed E-state index contributed by atoms with van der Waals surface area (Å²) >= 11 is 0. The van der Waals surface area contributed by atoms with Crippen LogP contribution in [0.3, 0.4) is 0 Å². The Morgan fingerprint density at radius 2 is 1.89 bits per heavy atom. The number of hydrogen-bond acceptors (Lipinski definition) is 3. The lowest BCUT2D eigenvalue weighted by Gasteiger charge is -2.28. The monoisotopic (exact) mass is 385 g/mol. The van der Waals surface area contributed by atoms with Crippen molar-refractivity contribution in [2.75, 3.05) is 0 Å². The van der Waals surface area contributed by atoms with Gasteiger partial charge in [0.15, 0.2) is 5.82 Å². The molecule has 2 N–H and O–H groups in total. The molecule has 1 aliphatic heterocycles. The number of fused-ring (bicyclic) bond motifs is 1. The lowest BCUT2D eigenvalue weighted by Crippen LogP contribution is -2.41. The number of carboxylic acids is 1. The summed E-state index contributed by atoms with van der Waals surface area (Å²) in [5.74, 6) is -1.98. The summed E-state index contributed by atoms with van der Waals surface area (Å²) in [7, 11) is 0. The highest BCUT2D eigenvalue weighted by Gasteiger charge is 2.42. The van der Waals surface area contributed by atoms with E-state index < -0.39 is 30.2 Å². The highest BCUT2D eigenvalue weighted by Crippen LogP contribution is 2.37. The van der Waals surface area contributed by atoms with Crippen molar-refractivity contribution in [2.45, 2.75) is 31.4 Å². The predicted molar refractivity (Wildman–Crippen MR) is 97.1 cm³/mol. The maximum Gasteiger partial charge on any atom is 0.326 e. The molecule has 1 aromatic heterocycles. The van der Waals surface area contributed by atoms with Crippen molar-refractivity contribution in [2.24, 2.45) is 0 Å². The zero-order valence-electron chi connectivity index (χ0n) is 14.7. The highest BCUT2D eigenvalue weighted by molar-refractivity contribution is 5.99. The molecule has 0 bridgehead atoms. The third-order valence-electron chi connectivity index (χ3n) is 5.04. The molecule has 8 heteroatoms. The van der Waals surface area contributed by atoms with E-state index in [-0.39, 0.29) is 11.6 Å². The molecule has 28 heavy (non-hydrogen) atoms. The van der Waals surface area contributed by atoms with Crippen LogP contribution in [0.4, 0.5) is 8.78 Å². The molecular formula is C20H17F2N3O3. The highest BCUT2D eigenvalue weighted by atomic mass is 19.3. The molecule has 1 amide bonds. The number of nitrogens with zero attached hydrogens (tertiary/aromatic N) is 2. The van der Waals surface area contributed by atoms with E-state index in [1.807, 2.05) is 30.3 Å². The van der Waals surface area contributed by atoms with Crippen molar-refractivity contribution >= 4 is 22.9 Å². The maximum atomic E-state index is 13.2. The van der Waals surface area contributed by atoms with E-state index in [2.05, 4.69) is 9.97 Å². The van der Waals surface area contributed by atoms with Crippen LogP contribution in [0.25, 0.3) is 11.0 Å². The summed E-state index contributed by atoms with van der Waals surface area (Å²) in [4.78, 5) is 32.6. The van der Waals surface area contributed by atoms with Gasteiger partial charge in [-0.15, -0.1) is 0 Å². The lowest BCUT2D eigenvalue weighted by molar-refractivity contribution is -0.141. The number of halogens is 2. The Hall–Kier alpha value is -3.29. The van der Waals surface area contributed by atoms with Crippen LogP contribution in [0.1, 0.15) is 47.1 Å². The Morgan fingerprint density at radius 3 is 2.57 bits per heavy atom. The number of aromatic nitrogens is 2. The summed E-state index contributed by atoms with van der Waals surface area (Å²) in [6.45, 7) is 0. The number of alkyl halides is 2. The first-order valence-corrected chi connectivity index (χ1v) is 8.84. The number of carbonyl (C=O) groups excluding carboxylic acids is 1. The van der Waals surface area contributed by atoms with Gasteiger partial charge in [-0.25, -0.2) is 18.6 Å². The Bertz CT molecular complexity index is 1040. The smallest absolute Gasteiger partial charge is 0.326 e. The van der Waals surface area contributed by atoms with Gasteiger partial charge in [-0.05, 0) is 36.6 Å². The number of benzene rings is 2. The number of aromatic amines is 1. The van der Waals surface area contributed by atoms with Crippen molar-refractivity contribution in [3.63, 3.8) is 0 Å². The van der Waals surface area contributed by atoms with Gasteiger partial charge >= 0.3 is 5.97 Å². The van der Waals surface area contributed by atoms with E-state index in [9.17, 15) is 23.5 Å². The summed E-state index contributed by atoms with van der Waals surface area (Å²) in [5, 5.41) is 9.59. The fourth-order valence-corrected chi connectivity index (χ4v) is 3.75. The number of rotatable bonds is 4. The van der Waals surface area contributed by atoms with Crippen molar-refractivity contribution < 1.29 is 23.5 Å². The molecule has 1 fully saturated rings. The number of amides is 1. The molecule has 0 aliphatic carbocycles. The molecule has 2 heterocycles. The molecule has 3 aromatic rings. The summed E-state index contributed by atoms with van der Waals surface area (Å²) < 4.78 is 25.7. The Morgan fingerprint density at radius 1 is 1.14 bits per heavy atom. The van der Waals surface area contributed by atoms with Crippen LogP contribution in [-0.4, -0.2) is 37.9 Å². The molecular weight excluding hydrogens is 368 g/mol. The van der Waals surface area contributed by atoms with E-state index >= 15 is 0 Å². The standard InChI is InChI=1S/C20H17F2N3O3/c21-17(22)18-23-13-7-6-12(10-14(13)24-18)19(26)25-15(8-9-16(25)20(27)28)11-4-2-1-3-5-11/h1-7,10,15-17H,8-9H2,(H,23,24)(H,27,28)/t15-,16?/m0/s1. The lowest BCUT2D eigenvalue weighted by atomic mass is 10.0. The third-order valence-corrected chi connectivity index (χ3v) is 5.04. The molecule has 4 rings (SSSR count). The second kappa shape index (κ2) is 7.03. The van der Waals surface area contributed by atoms with E-state index in [1.54, 1.807) is 0 Å². The fourth-order valence-electron chi connectivity index (χ4n) is 3.75. The predicted octanol–water partition coefficient (Wildman–Crippen LogP) is 3.93. The molecule has 1 saturated heterocycles. The second-order valence-corrected chi connectivity index (χ2v) is 6.72. The molecule has 0 radical (unpaired) electrons. The molecule has 6 nitrogen and oxygen atoms in total. The van der Waals surface area contributed by atoms with Crippen molar-refractivity contribution in [1.82, 2.24) is 14.9 Å². The van der Waals surface area contributed by atoms with Gasteiger partial charge in [0.1, 0.15) is 6.04 Å². The van der Waals surface area contributed by atoms with Gasteiger partial charge in [-0.1, -0.05) is 30.3 Å². The summed E-state index contributed by atoms with van der Waals surface area (Å²) in [5.41, 5.74) is 1.72. The quantitative estimate of drug-likeness (QED) is 0.712. The van der Waals surface area contributed by atoms with Gasteiger partial charge in [0.05, 0.1) is 17.1 Å². The first-order chi connectivity index (χ1) is 13.5. The molecule has 1 unspecified atom stereocenters. The van der Waals surface area contributed by atoms with Gasteiger partial charge in [0, 0.05) is 5.56 Å². The van der Waals surface area contributed by atoms with Crippen LogP contribution in [0.2, 0.25) is 0 Å². The van der Waals surface area contributed by atoms with Gasteiger partial charge in [0.25, 0.3) is 12.3 Å². The number of nitrogens with one attached hydrogen (secondary N) is 1. The minimum atomic E-state index is -2.75. The van der Waals surface area contributed by atoms with Crippen LogP contribution >= 0.6 is 0 Å². The summed E-state index contributed by atoms with van der Waals surface area (Å²) in [6.07, 6.45) is -1.86. The first-order valence-electron chi connectivity index (χ1n) is 8.84. The molecule has 2 aromatic carbocycles. The molecule has 2 atom stereocenters. The molecule has 0 spiro atoms. The SMILES string of the molecule is O=C(O)C1CC[C@@H](c2ccccc2)N1C(=O)c1ccc2nc(C(F)F)[nH]c2c1. The fraction of sp³-hybridized carbons (Fsp3) is 0.250. The second-order valence-electron chi connectivity index (χ2n) is 6.72. The number of aliphatic carboxylic acids is 1. The van der Waals surface area contributed by atoms with Crippen molar-refractivity contribution in [1.29, 1.82) is 0 Å². The van der Waals surface area contributed by atoms with E-state index in [0.717, 1.165) is 5.56 Å². The third kappa shape index (κ3) is 3.11. The Kier molecular flexibility index (Phi) is 4.54. The topological polar surface area (TPSA) is 86.3 Å². The molecule has 144 valence electrons. The zero-order chi connectivity index (χ0) is 19.8. The van der Waals surface area contributed by atoms with Crippen molar-refractivity contribution in [3.8, 4) is 0 Å². The first kappa shape index (κ1) is 18.1. The van der Waals surface area contributed by atoms with Gasteiger partial charge in [-0.3, -0.25) is 4.79 Å². The van der Waals surface area contributed by atoms with Crippen LogP contribution in [-0.2, 0) is 4.79 Å². The Balaban J connectivity index is 1.72. The average molecular weight is 385 g/mol. The average Bonchev–Trinajstić information content (AvgIpc) is 3.32. The van der Waals surface area contributed by atoms with Gasteiger partial charge in [-0.2, -0.15) is 0 Å². The van der Waals surface area contributed by atoms with E-state index in [4.69, 9.17) is 0 Å². The molecule has 1 aliphatic rings. The normalized spacial score (nSPS) is 19.5. The Labute approximate surface area is 158 Å². The number of carbonyl (C=O) groups is 2. The van der Waals surface area contributed by atoms with E-state index in [0.29, 0.717) is 23.9 Å². The van der Waals surface area contributed by atoms with Crippen LogP contribution in [0.15, 0.2) is 48.5 Å². The largest absolute Gasteiger partial charge is 0.480 e. The minimum absolute atomic E-state index is 0.228. The van der Waals surface area contributed by atoms with E-state index in [1.165, 1.54) is 23.1 Å². The number of carboxylic acid groups (broad SMARTS) is 1. The van der Waals surface area contributed by atoms with Crippen LogP contribution in [0.5, 0.6) is 0 Å². The van der Waals surface area contributed by atoms with Crippen LogP contribution < -0.4 is 0 Å². The maximum absolute atomic E-state index is 13.2. The van der Waals surface area contributed by atoms with Gasteiger partial charge < -0.3 is 15.0 Å². The minimum Gasteiger partial charge on any atom is -0.480 e.